The molecule has 31 heavy (non-hydrogen) atoms. The molecule has 0 amide bonds. The second kappa shape index (κ2) is 27.8. The Hall–Kier alpha value is -0.220. The maximum absolute atomic E-state index is 10.4. The normalized spacial score (nSPS) is 11.3. The lowest BCUT2D eigenvalue weighted by Crippen LogP contribution is -2.03. The first kappa shape index (κ1) is 30.8. The van der Waals surface area contributed by atoms with E-state index >= 15 is 0 Å². The third-order valence-electron chi connectivity index (χ3n) is 6.10. The Balaban J connectivity index is 3.00. The van der Waals surface area contributed by atoms with Crippen LogP contribution in [0.5, 0.6) is 0 Å². The minimum Gasteiger partial charge on any atom is -0.481 e. The van der Waals surface area contributed by atoms with Crippen LogP contribution >= 0.6 is 11.8 Å². The first-order valence-corrected chi connectivity index (χ1v) is 14.9. The van der Waals surface area contributed by atoms with Crippen molar-refractivity contribution in [3.05, 3.63) is 0 Å². The molecule has 3 nitrogen and oxygen atoms in total. The second-order valence-corrected chi connectivity index (χ2v) is 10.2. The highest BCUT2D eigenvalue weighted by Crippen LogP contribution is 2.15. The molecule has 0 atom stereocenters. The summed E-state index contributed by atoms with van der Waals surface area (Å²) in [5.74, 6) is 0.570. The van der Waals surface area contributed by atoms with Crippen LogP contribution in [0.2, 0.25) is 0 Å². The van der Waals surface area contributed by atoms with E-state index in [1.165, 1.54) is 134 Å². The number of aliphatic carboxylic acids is 1. The lowest BCUT2D eigenvalue weighted by molar-refractivity contribution is -0.138. The Labute approximate surface area is 198 Å². The van der Waals surface area contributed by atoms with E-state index in [9.17, 15) is 4.79 Å². The summed E-state index contributed by atoms with van der Waals surface area (Å²) >= 11 is 1.98. The highest BCUT2D eigenvalue weighted by Gasteiger charge is 1.97. The predicted octanol–water partition coefficient (Wildman–Crippen LogP) is 9.03. The summed E-state index contributed by atoms with van der Waals surface area (Å²) in [6.45, 7) is 1.07. The van der Waals surface area contributed by atoms with Gasteiger partial charge in [0.2, 0.25) is 0 Å². The van der Waals surface area contributed by atoms with Crippen LogP contribution < -0.4 is 0 Å². The number of carboxylic acid groups (broad SMARTS) is 1. The summed E-state index contributed by atoms with van der Waals surface area (Å²) < 4.78 is 5.31. The summed E-state index contributed by atoms with van der Waals surface area (Å²) in [4.78, 5) is 10.4. The summed E-state index contributed by atoms with van der Waals surface area (Å²) in [6.07, 6.45) is 31.7. The third-order valence-corrected chi connectivity index (χ3v) is 6.79. The van der Waals surface area contributed by atoms with E-state index in [1.54, 1.807) is 0 Å². The highest BCUT2D eigenvalue weighted by atomic mass is 32.2. The molecule has 0 fully saturated rings. The average Bonchev–Trinajstić information content (AvgIpc) is 2.76. The Morgan fingerprint density at radius 2 is 0.871 bits per heavy atom. The van der Waals surface area contributed by atoms with E-state index in [-0.39, 0.29) is 6.42 Å². The third kappa shape index (κ3) is 29.8. The van der Waals surface area contributed by atoms with Crippen LogP contribution in [0.3, 0.4) is 0 Å². The van der Waals surface area contributed by atoms with Crippen molar-refractivity contribution in [2.24, 2.45) is 0 Å². The Bertz CT molecular complexity index is 349. The number of carboxylic acids is 1. The van der Waals surface area contributed by atoms with Crippen LogP contribution in [0.15, 0.2) is 0 Å². The summed E-state index contributed by atoms with van der Waals surface area (Å²) in [7, 11) is 0. The zero-order valence-electron chi connectivity index (χ0n) is 20.8. The zero-order valence-corrected chi connectivity index (χ0v) is 21.7. The topological polar surface area (TPSA) is 46.5 Å². The number of unbranched alkanes of at least 4 members (excludes halogenated alkanes) is 20. The largest absolute Gasteiger partial charge is 0.481 e. The van der Waals surface area contributed by atoms with E-state index in [4.69, 9.17) is 9.84 Å². The molecule has 0 aromatic rings. The van der Waals surface area contributed by atoms with Gasteiger partial charge >= 0.3 is 5.97 Å². The van der Waals surface area contributed by atoms with Crippen LogP contribution in [0.25, 0.3) is 0 Å². The van der Waals surface area contributed by atoms with Gasteiger partial charge in [-0.15, -0.1) is 0 Å². The summed E-state index contributed by atoms with van der Waals surface area (Å²) in [5, 5.41) is 8.52. The van der Waals surface area contributed by atoms with Crippen molar-refractivity contribution in [1.29, 1.82) is 0 Å². The standard InChI is InChI=1S/C27H54O3S/c1-31-26-22-20-18-16-14-12-10-8-6-4-2-3-5-7-9-11-13-15-17-19-21-24-30-25-23-27(28)29/h2-26H2,1H3,(H,28,29). The van der Waals surface area contributed by atoms with Gasteiger partial charge in [0, 0.05) is 6.61 Å². The van der Waals surface area contributed by atoms with Crippen LogP contribution in [0, 0.1) is 0 Å². The Morgan fingerprint density at radius 3 is 1.19 bits per heavy atom. The molecular formula is C27H54O3S. The molecule has 0 saturated carbocycles. The minimum absolute atomic E-state index is 0.124. The van der Waals surface area contributed by atoms with E-state index < -0.39 is 5.97 Å². The number of hydrogen-bond acceptors (Lipinski definition) is 3. The number of rotatable bonds is 27. The van der Waals surface area contributed by atoms with Crippen molar-refractivity contribution < 1.29 is 14.6 Å². The van der Waals surface area contributed by atoms with Crippen molar-refractivity contribution in [3.8, 4) is 0 Å². The fourth-order valence-electron chi connectivity index (χ4n) is 4.07. The molecule has 0 bridgehead atoms. The highest BCUT2D eigenvalue weighted by molar-refractivity contribution is 7.98. The molecule has 0 unspecified atom stereocenters. The maximum atomic E-state index is 10.4. The van der Waals surface area contributed by atoms with Crippen molar-refractivity contribution in [2.75, 3.05) is 25.2 Å². The smallest absolute Gasteiger partial charge is 0.305 e. The molecule has 0 saturated heterocycles. The van der Waals surface area contributed by atoms with Gasteiger partial charge in [-0.3, -0.25) is 4.79 Å². The van der Waals surface area contributed by atoms with Crippen LogP contribution in [-0.4, -0.2) is 36.3 Å². The van der Waals surface area contributed by atoms with Gasteiger partial charge in [-0.05, 0) is 24.9 Å². The lowest BCUT2D eigenvalue weighted by Gasteiger charge is -2.04. The van der Waals surface area contributed by atoms with E-state index in [2.05, 4.69) is 6.26 Å². The summed E-state index contributed by atoms with van der Waals surface area (Å²) in [5.41, 5.74) is 0. The number of hydrogen-bond donors (Lipinski definition) is 1. The molecule has 4 heteroatoms. The van der Waals surface area contributed by atoms with Crippen LogP contribution in [-0.2, 0) is 9.53 Å². The molecule has 0 rings (SSSR count). The second-order valence-electron chi connectivity index (χ2n) is 9.17. The molecule has 0 aliphatic carbocycles. The first-order valence-electron chi connectivity index (χ1n) is 13.6. The zero-order chi connectivity index (χ0) is 22.7. The molecule has 0 heterocycles. The van der Waals surface area contributed by atoms with Gasteiger partial charge in [0.1, 0.15) is 0 Å². The molecule has 186 valence electrons. The monoisotopic (exact) mass is 458 g/mol. The quantitative estimate of drug-likeness (QED) is 0.125. The lowest BCUT2D eigenvalue weighted by atomic mass is 10.0. The average molecular weight is 459 g/mol. The predicted molar refractivity (Wildman–Crippen MR) is 138 cm³/mol. The van der Waals surface area contributed by atoms with E-state index in [1.807, 2.05) is 11.8 Å². The van der Waals surface area contributed by atoms with Crippen LogP contribution in [0.4, 0.5) is 0 Å². The number of thioether (sulfide) groups is 1. The molecule has 1 N–H and O–H groups in total. The van der Waals surface area contributed by atoms with Crippen molar-refractivity contribution in [2.45, 2.75) is 141 Å². The van der Waals surface area contributed by atoms with Gasteiger partial charge in [0.15, 0.2) is 0 Å². The Kier molecular flexibility index (Phi) is 27.6. The minimum atomic E-state index is -0.774. The molecular weight excluding hydrogens is 404 g/mol. The SMILES string of the molecule is CSCCCCCCCCCCCCCCCCCCCCCCCOCCC(=O)O. The Morgan fingerprint density at radius 1 is 0.548 bits per heavy atom. The van der Waals surface area contributed by atoms with Gasteiger partial charge in [-0.2, -0.15) is 11.8 Å². The molecule has 0 aliphatic heterocycles. The van der Waals surface area contributed by atoms with Crippen LogP contribution in [0.1, 0.15) is 141 Å². The van der Waals surface area contributed by atoms with Gasteiger partial charge in [0.05, 0.1) is 13.0 Å². The fraction of sp³-hybridized carbons (Fsp3) is 0.963. The van der Waals surface area contributed by atoms with E-state index in [0.717, 1.165) is 6.42 Å². The summed E-state index contributed by atoms with van der Waals surface area (Å²) in [6, 6.07) is 0. The van der Waals surface area contributed by atoms with Crippen molar-refractivity contribution >= 4 is 17.7 Å². The molecule has 0 radical (unpaired) electrons. The van der Waals surface area contributed by atoms with Crippen molar-refractivity contribution in [1.82, 2.24) is 0 Å². The van der Waals surface area contributed by atoms with E-state index in [0.29, 0.717) is 13.2 Å². The number of carbonyl (C=O) groups is 1. The molecule has 0 aromatic heterocycles. The number of ether oxygens (including phenoxy) is 1. The first-order chi connectivity index (χ1) is 15.3. The van der Waals surface area contributed by atoms with Gasteiger partial charge in [-0.25, -0.2) is 0 Å². The van der Waals surface area contributed by atoms with Gasteiger partial charge in [0.25, 0.3) is 0 Å². The van der Waals surface area contributed by atoms with Gasteiger partial charge < -0.3 is 9.84 Å². The fourth-order valence-corrected chi connectivity index (χ4v) is 4.56. The molecule has 0 spiro atoms. The van der Waals surface area contributed by atoms with Crippen molar-refractivity contribution in [3.63, 3.8) is 0 Å². The molecule has 0 aromatic carbocycles. The maximum Gasteiger partial charge on any atom is 0.305 e. The van der Waals surface area contributed by atoms with Gasteiger partial charge in [-0.1, -0.05) is 122 Å². The molecule has 0 aliphatic rings.